The molecule has 2 aliphatic rings. The number of likely N-dealkylation sites (N-methyl/N-ethyl adjacent to an activating group) is 1. The number of nitrogens with one attached hydrogen (secondary N) is 1. The van der Waals surface area contributed by atoms with Gasteiger partial charge in [0.05, 0.1) is 5.41 Å². The molecule has 2 saturated heterocycles. The molecule has 0 bridgehead atoms. The first kappa shape index (κ1) is 15.8. The fourth-order valence-electron chi connectivity index (χ4n) is 3.93. The Morgan fingerprint density at radius 1 is 1.30 bits per heavy atom. The van der Waals surface area contributed by atoms with Gasteiger partial charge < -0.3 is 15.1 Å². The quantitative estimate of drug-likeness (QED) is 0.855. The topological polar surface area (TPSA) is 35.6 Å². The fourth-order valence-corrected chi connectivity index (χ4v) is 3.93. The van der Waals surface area contributed by atoms with Crippen molar-refractivity contribution in [2.75, 3.05) is 39.8 Å². The van der Waals surface area contributed by atoms with E-state index < -0.39 is 0 Å². The smallest absolute Gasteiger partial charge is 0.229 e. The van der Waals surface area contributed by atoms with Crippen LogP contribution in [-0.2, 0) is 4.79 Å². The molecule has 0 spiro atoms. The lowest BCUT2D eigenvalue weighted by atomic mass is 9.74. The molecule has 2 heterocycles. The van der Waals surface area contributed by atoms with Gasteiger partial charge in [0.1, 0.15) is 0 Å². The van der Waals surface area contributed by atoms with Crippen LogP contribution >= 0.6 is 0 Å². The largest absolute Gasteiger partial charge is 0.338 e. The molecule has 2 aliphatic heterocycles. The van der Waals surface area contributed by atoms with Gasteiger partial charge in [-0.1, -0.05) is 13.3 Å². The third kappa shape index (κ3) is 3.34. The maximum Gasteiger partial charge on any atom is 0.229 e. The van der Waals surface area contributed by atoms with Gasteiger partial charge in [0.15, 0.2) is 0 Å². The van der Waals surface area contributed by atoms with Gasteiger partial charge in [-0.15, -0.1) is 0 Å². The van der Waals surface area contributed by atoms with Crippen molar-refractivity contribution < 1.29 is 4.79 Å². The second-order valence-corrected chi connectivity index (χ2v) is 6.74. The summed E-state index contributed by atoms with van der Waals surface area (Å²) in [5.74, 6) is 0.434. The lowest BCUT2D eigenvalue weighted by molar-refractivity contribution is -0.146. The third-order valence-corrected chi connectivity index (χ3v) is 5.05. The van der Waals surface area contributed by atoms with E-state index in [2.05, 4.69) is 36.0 Å². The Morgan fingerprint density at radius 3 is 2.65 bits per heavy atom. The molecule has 20 heavy (non-hydrogen) atoms. The number of amides is 1. The van der Waals surface area contributed by atoms with E-state index in [0.29, 0.717) is 11.9 Å². The summed E-state index contributed by atoms with van der Waals surface area (Å²) in [4.78, 5) is 17.8. The summed E-state index contributed by atoms with van der Waals surface area (Å²) < 4.78 is 0. The Balaban J connectivity index is 2.13. The van der Waals surface area contributed by atoms with Crippen LogP contribution < -0.4 is 5.32 Å². The van der Waals surface area contributed by atoms with Crippen LogP contribution in [0.5, 0.6) is 0 Å². The van der Waals surface area contributed by atoms with E-state index in [9.17, 15) is 4.79 Å². The highest BCUT2D eigenvalue weighted by atomic mass is 16.2. The number of hydrogen-bond donors (Lipinski definition) is 1. The Morgan fingerprint density at radius 2 is 2.00 bits per heavy atom. The summed E-state index contributed by atoms with van der Waals surface area (Å²) in [6.07, 6.45) is 5.28. The van der Waals surface area contributed by atoms with Crippen LogP contribution in [0.1, 0.15) is 46.0 Å². The van der Waals surface area contributed by atoms with Gasteiger partial charge >= 0.3 is 0 Å². The van der Waals surface area contributed by atoms with E-state index in [-0.39, 0.29) is 5.41 Å². The summed E-state index contributed by atoms with van der Waals surface area (Å²) >= 11 is 0. The van der Waals surface area contributed by atoms with Crippen LogP contribution in [0.15, 0.2) is 0 Å². The van der Waals surface area contributed by atoms with Crippen LogP contribution in [-0.4, -0.2) is 61.5 Å². The molecule has 0 aromatic rings. The average molecular weight is 281 g/mol. The first-order chi connectivity index (χ1) is 9.59. The third-order valence-electron chi connectivity index (χ3n) is 5.05. The zero-order valence-corrected chi connectivity index (χ0v) is 13.5. The number of carbonyl (C=O) groups is 1. The van der Waals surface area contributed by atoms with Crippen LogP contribution in [0.3, 0.4) is 0 Å². The Hall–Kier alpha value is -0.610. The first-order valence-electron chi connectivity index (χ1n) is 8.29. The predicted molar refractivity (Wildman–Crippen MR) is 82.7 cm³/mol. The van der Waals surface area contributed by atoms with Crippen molar-refractivity contribution in [3.63, 3.8) is 0 Å². The van der Waals surface area contributed by atoms with Crippen molar-refractivity contribution in [2.24, 2.45) is 5.41 Å². The Kier molecular flexibility index (Phi) is 5.44. The lowest BCUT2D eigenvalue weighted by Crippen LogP contribution is -2.52. The number of nitrogens with zero attached hydrogens (tertiary/aromatic N) is 2. The minimum Gasteiger partial charge on any atom is -0.338 e. The molecule has 1 amide bonds. The van der Waals surface area contributed by atoms with Gasteiger partial charge in [-0.3, -0.25) is 4.79 Å². The number of hydrogen-bond acceptors (Lipinski definition) is 3. The SMILES string of the molecule is CCCC1(C(=O)N2CCCN(C)CC2C)CCNCC1. The molecule has 1 atom stereocenters. The summed E-state index contributed by atoms with van der Waals surface area (Å²) in [5, 5.41) is 3.41. The van der Waals surface area contributed by atoms with E-state index >= 15 is 0 Å². The van der Waals surface area contributed by atoms with Crippen molar-refractivity contribution >= 4 is 5.91 Å². The molecular formula is C16H31N3O. The molecule has 0 radical (unpaired) electrons. The van der Waals surface area contributed by atoms with E-state index in [1.807, 2.05) is 0 Å². The van der Waals surface area contributed by atoms with Gasteiger partial charge in [-0.25, -0.2) is 0 Å². The number of carbonyl (C=O) groups excluding carboxylic acids is 1. The van der Waals surface area contributed by atoms with Crippen molar-refractivity contribution in [1.29, 1.82) is 0 Å². The molecule has 1 N–H and O–H groups in total. The van der Waals surface area contributed by atoms with Crippen LogP contribution in [0, 0.1) is 5.41 Å². The molecule has 0 aromatic carbocycles. The first-order valence-corrected chi connectivity index (χ1v) is 8.29. The summed E-state index contributed by atoms with van der Waals surface area (Å²) in [7, 11) is 2.16. The van der Waals surface area contributed by atoms with Gasteiger partial charge in [0.2, 0.25) is 5.91 Å². The minimum atomic E-state index is -0.0861. The highest BCUT2D eigenvalue weighted by molar-refractivity contribution is 5.83. The minimum absolute atomic E-state index is 0.0861. The Labute approximate surface area is 123 Å². The maximum absolute atomic E-state index is 13.2. The van der Waals surface area contributed by atoms with Crippen molar-refractivity contribution in [1.82, 2.24) is 15.1 Å². The maximum atomic E-state index is 13.2. The number of rotatable bonds is 3. The van der Waals surface area contributed by atoms with E-state index in [1.165, 1.54) is 0 Å². The zero-order valence-electron chi connectivity index (χ0n) is 13.5. The second-order valence-electron chi connectivity index (χ2n) is 6.74. The number of piperidine rings is 1. The average Bonchev–Trinajstić information content (AvgIpc) is 2.60. The van der Waals surface area contributed by atoms with Crippen LogP contribution in [0.2, 0.25) is 0 Å². The van der Waals surface area contributed by atoms with Gasteiger partial charge in [-0.2, -0.15) is 0 Å². The monoisotopic (exact) mass is 281 g/mol. The molecule has 0 saturated carbocycles. The zero-order chi connectivity index (χ0) is 14.6. The molecule has 0 aromatic heterocycles. The summed E-state index contributed by atoms with van der Waals surface area (Å²) in [5.41, 5.74) is -0.0861. The standard InChI is InChI=1S/C16H31N3O/c1-4-6-16(7-9-17-10-8-16)15(20)19-12-5-11-18(3)13-14(19)2/h14,17H,4-13H2,1-3H3. The highest BCUT2D eigenvalue weighted by Gasteiger charge is 2.42. The normalized spacial score (nSPS) is 28.1. The molecular weight excluding hydrogens is 250 g/mol. The fraction of sp³-hybridized carbons (Fsp3) is 0.938. The second kappa shape index (κ2) is 6.90. The van der Waals surface area contributed by atoms with E-state index in [4.69, 9.17) is 0 Å². The predicted octanol–water partition coefficient (Wildman–Crippen LogP) is 1.71. The summed E-state index contributed by atoms with van der Waals surface area (Å²) in [6, 6.07) is 0.346. The van der Waals surface area contributed by atoms with Crippen molar-refractivity contribution in [2.45, 2.75) is 52.0 Å². The van der Waals surface area contributed by atoms with Crippen LogP contribution in [0.4, 0.5) is 0 Å². The highest BCUT2D eigenvalue weighted by Crippen LogP contribution is 2.37. The van der Waals surface area contributed by atoms with E-state index in [0.717, 1.165) is 64.8 Å². The van der Waals surface area contributed by atoms with Gasteiger partial charge in [0.25, 0.3) is 0 Å². The molecule has 1 unspecified atom stereocenters. The molecule has 4 nitrogen and oxygen atoms in total. The molecule has 2 fully saturated rings. The van der Waals surface area contributed by atoms with Gasteiger partial charge in [-0.05, 0) is 59.3 Å². The molecule has 0 aliphatic carbocycles. The molecule has 116 valence electrons. The lowest BCUT2D eigenvalue weighted by Gasteiger charge is -2.42. The van der Waals surface area contributed by atoms with Crippen molar-refractivity contribution in [3.8, 4) is 0 Å². The Bertz CT molecular complexity index is 320. The van der Waals surface area contributed by atoms with Crippen LogP contribution in [0.25, 0.3) is 0 Å². The molecule has 2 rings (SSSR count). The summed E-state index contributed by atoms with van der Waals surface area (Å²) in [6.45, 7) is 9.45. The van der Waals surface area contributed by atoms with Crippen molar-refractivity contribution in [3.05, 3.63) is 0 Å². The molecule has 4 heteroatoms. The van der Waals surface area contributed by atoms with E-state index in [1.54, 1.807) is 0 Å². The van der Waals surface area contributed by atoms with Gasteiger partial charge in [0, 0.05) is 19.1 Å².